The fraction of sp³-hybridized carbons (Fsp3) is 0.462. The SMILES string of the molecule is COc1ccc2c(c1)CCC1=C2C(O)(Cc2ccccc2)C[C@]2(C)[C@@H](O)CC[C@@H]12. The van der Waals surface area contributed by atoms with E-state index in [4.69, 9.17) is 4.74 Å². The van der Waals surface area contributed by atoms with Crippen LogP contribution in [-0.2, 0) is 12.8 Å². The predicted molar refractivity (Wildman–Crippen MR) is 115 cm³/mol. The number of benzene rings is 2. The molecule has 0 bridgehead atoms. The standard InChI is InChI=1S/C26H30O3/c1-25-16-26(28,15-17-6-4-3-5-7-17)24-20-11-9-19(29-2)14-18(20)8-10-21(24)22(25)12-13-23(25)27/h3-7,9,11,14,22-23,27-28H,8,10,12-13,15-16H2,1-2H3/t22-,23-,25-,26?/m0/s1. The maximum Gasteiger partial charge on any atom is 0.119 e. The highest BCUT2D eigenvalue weighted by Gasteiger charge is 2.57. The number of ether oxygens (including phenoxy) is 1. The van der Waals surface area contributed by atoms with Crippen LogP contribution in [0.25, 0.3) is 5.57 Å². The monoisotopic (exact) mass is 390 g/mol. The lowest BCUT2D eigenvalue weighted by Gasteiger charge is -2.51. The molecular weight excluding hydrogens is 360 g/mol. The zero-order valence-electron chi connectivity index (χ0n) is 17.3. The van der Waals surface area contributed by atoms with Crippen LogP contribution in [0.1, 0.15) is 49.3 Å². The Morgan fingerprint density at radius 2 is 1.86 bits per heavy atom. The van der Waals surface area contributed by atoms with Crippen LogP contribution in [0.5, 0.6) is 5.75 Å². The Morgan fingerprint density at radius 3 is 2.62 bits per heavy atom. The number of hydrogen-bond donors (Lipinski definition) is 2. The number of rotatable bonds is 3. The highest BCUT2D eigenvalue weighted by Crippen LogP contribution is 2.61. The highest BCUT2D eigenvalue weighted by atomic mass is 16.5. The van der Waals surface area contributed by atoms with Crippen LogP contribution in [0.4, 0.5) is 0 Å². The minimum absolute atomic E-state index is 0.258. The first-order chi connectivity index (χ1) is 13.9. The van der Waals surface area contributed by atoms with Crippen LogP contribution in [0, 0.1) is 11.3 Å². The van der Waals surface area contributed by atoms with E-state index < -0.39 is 5.60 Å². The fourth-order valence-corrected chi connectivity index (χ4v) is 6.45. The maximum absolute atomic E-state index is 12.2. The van der Waals surface area contributed by atoms with E-state index in [1.165, 1.54) is 16.7 Å². The van der Waals surface area contributed by atoms with Crippen molar-refractivity contribution in [3.8, 4) is 5.75 Å². The van der Waals surface area contributed by atoms with Crippen molar-refractivity contribution in [1.82, 2.24) is 0 Å². The molecule has 1 saturated carbocycles. The van der Waals surface area contributed by atoms with Gasteiger partial charge in [0.05, 0.1) is 18.8 Å². The summed E-state index contributed by atoms with van der Waals surface area (Å²) in [4.78, 5) is 0. The molecule has 0 saturated heterocycles. The van der Waals surface area contributed by atoms with Gasteiger partial charge in [-0.05, 0) is 72.4 Å². The van der Waals surface area contributed by atoms with E-state index in [9.17, 15) is 10.2 Å². The maximum atomic E-state index is 12.2. The van der Waals surface area contributed by atoms with Gasteiger partial charge in [0.2, 0.25) is 0 Å². The smallest absolute Gasteiger partial charge is 0.119 e. The zero-order chi connectivity index (χ0) is 20.2. The molecule has 5 rings (SSSR count). The van der Waals surface area contributed by atoms with Crippen molar-refractivity contribution < 1.29 is 14.9 Å². The van der Waals surface area contributed by atoms with Gasteiger partial charge in [-0.3, -0.25) is 0 Å². The lowest BCUT2D eigenvalue weighted by molar-refractivity contribution is -0.0339. The van der Waals surface area contributed by atoms with Gasteiger partial charge >= 0.3 is 0 Å². The van der Waals surface area contributed by atoms with Gasteiger partial charge in [0.1, 0.15) is 5.75 Å². The summed E-state index contributed by atoms with van der Waals surface area (Å²) in [6.45, 7) is 2.19. The minimum Gasteiger partial charge on any atom is -0.497 e. The number of allylic oxidation sites excluding steroid dienone is 1. The topological polar surface area (TPSA) is 49.7 Å². The first-order valence-electron chi connectivity index (χ1n) is 10.8. The summed E-state index contributed by atoms with van der Waals surface area (Å²) in [5.41, 5.74) is 4.85. The molecule has 1 fully saturated rings. The Bertz CT molecular complexity index is 963. The molecule has 0 spiro atoms. The number of aliphatic hydroxyl groups is 2. The Kier molecular flexibility index (Phi) is 4.38. The van der Waals surface area contributed by atoms with Gasteiger partial charge in [0.15, 0.2) is 0 Å². The molecule has 0 heterocycles. The van der Waals surface area contributed by atoms with Gasteiger partial charge in [0.25, 0.3) is 0 Å². The largest absolute Gasteiger partial charge is 0.497 e. The van der Waals surface area contributed by atoms with E-state index in [-0.39, 0.29) is 11.5 Å². The molecule has 0 aromatic heterocycles. The van der Waals surface area contributed by atoms with Crippen LogP contribution in [-0.4, -0.2) is 29.0 Å². The van der Waals surface area contributed by atoms with Crippen molar-refractivity contribution in [3.05, 3.63) is 70.8 Å². The van der Waals surface area contributed by atoms with Gasteiger partial charge in [-0.15, -0.1) is 0 Å². The van der Waals surface area contributed by atoms with Crippen LogP contribution in [0.2, 0.25) is 0 Å². The van der Waals surface area contributed by atoms with Crippen molar-refractivity contribution in [2.24, 2.45) is 11.3 Å². The molecule has 0 aliphatic heterocycles. The van der Waals surface area contributed by atoms with Crippen LogP contribution in [0.3, 0.4) is 0 Å². The molecule has 152 valence electrons. The van der Waals surface area contributed by atoms with Gasteiger partial charge in [-0.2, -0.15) is 0 Å². The molecule has 3 heteroatoms. The number of methoxy groups -OCH3 is 1. The quantitative estimate of drug-likeness (QED) is 0.808. The van der Waals surface area contributed by atoms with Gasteiger partial charge in [-0.25, -0.2) is 0 Å². The molecular formula is C26H30O3. The van der Waals surface area contributed by atoms with Gasteiger partial charge < -0.3 is 14.9 Å². The Hall–Kier alpha value is -2.10. The summed E-state index contributed by atoms with van der Waals surface area (Å²) in [7, 11) is 1.70. The Labute approximate surface area is 173 Å². The van der Waals surface area contributed by atoms with Crippen LogP contribution < -0.4 is 4.74 Å². The summed E-state index contributed by atoms with van der Waals surface area (Å²) in [5.74, 6) is 1.23. The first-order valence-corrected chi connectivity index (χ1v) is 10.8. The second-order valence-electron chi connectivity index (χ2n) is 9.45. The molecule has 3 aliphatic carbocycles. The normalized spacial score (nSPS) is 33.1. The van der Waals surface area contributed by atoms with E-state index in [1.807, 2.05) is 24.3 Å². The number of hydrogen-bond acceptors (Lipinski definition) is 3. The molecule has 0 radical (unpaired) electrons. The molecule has 3 aliphatic rings. The molecule has 2 N–H and O–H groups in total. The molecule has 3 nitrogen and oxygen atoms in total. The summed E-state index contributed by atoms with van der Waals surface area (Å²) in [5, 5.41) is 23.1. The lowest BCUT2D eigenvalue weighted by atomic mass is 9.56. The number of aliphatic hydroxyl groups excluding tert-OH is 1. The number of fused-ring (bicyclic) bond motifs is 4. The Morgan fingerprint density at radius 1 is 1.07 bits per heavy atom. The third kappa shape index (κ3) is 2.86. The van der Waals surface area contributed by atoms with Gasteiger partial charge in [-0.1, -0.05) is 48.9 Å². The molecule has 2 aromatic rings. The molecule has 1 unspecified atom stereocenters. The third-order valence-corrected chi connectivity index (χ3v) is 7.75. The van der Waals surface area contributed by atoms with E-state index in [0.29, 0.717) is 18.8 Å². The number of aryl methyl sites for hydroxylation is 1. The third-order valence-electron chi connectivity index (χ3n) is 7.75. The fourth-order valence-electron chi connectivity index (χ4n) is 6.45. The summed E-state index contributed by atoms with van der Waals surface area (Å²) in [6, 6.07) is 16.5. The lowest BCUT2D eigenvalue weighted by Crippen LogP contribution is -2.50. The molecule has 4 atom stereocenters. The second-order valence-corrected chi connectivity index (χ2v) is 9.45. The van der Waals surface area contributed by atoms with Crippen LogP contribution >= 0.6 is 0 Å². The van der Waals surface area contributed by atoms with Crippen LogP contribution in [0.15, 0.2) is 54.1 Å². The van der Waals surface area contributed by atoms with Crippen molar-refractivity contribution in [2.45, 2.75) is 57.2 Å². The van der Waals surface area contributed by atoms with E-state index in [1.54, 1.807) is 7.11 Å². The van der Waals surface area contributed by atoms with E-state index in [2.05, 4.69) is 31.2 Å². The van der Waals surface area contributed by atoms with E-state index >= 15 is 0 Å². The predicted octanol–water partition coefficient (Wildman–Crippen LogP) is 4.55. The highest BCUT2D eigenvalue weighted by molar-refractivity contribution is 5.81. The summed E-state index contributed by atoms with van der Waals surface area (Å²) in [6.07, 6.45) is 4.60. The second kappa shape index (κ2) is 6.72. The Balaban J connectivity index is 1.69. The van der Waals surface area contributed by atoms with E-state index in [0.717, 1.165) is 42.6 Å². The minimum atomic E-state index is -0.975. The van der Waals surface area contributed by atoms with Crippen molar-refractivity contribution >= 4 is 5.57 Å². The van der Waals surface area contributed by atoms with Crippen molar-refractivity contribution in [1.29, 1.82) is 0 Å². The summed E-state index contributed by atoms with van der Waals surface area (Å²) < 4.78 is 5.45. The zero-order valence-corrected chi connectivity index (χ0v) is 17.3. The average molecular weight is 391 g/mol. The van der Waals surface area contributed by atoms with Crippen molar-refractivity contribution in [3.63, 3.8) is 0 Å². The van der Waals surface area contributed by atoms with Gasteiger partial charge in [0, 0.05) is 11.8 Å². The first kappa shape index (κ1) is 18.9. The van der Waals surface area contributed by atoms with Crippen molar-refractivity contribution in [2.75, 3.05) is 7.11 Å². The molecule has 0 amide bonds. The molecule has 29 heavy (non-hydrogen) atoms. The average Bonchev–Trinajstić information content (AvgIpc) is 3.01. The molecule has 2 aromatic carbocycles. The summed E-state index contributed by atoms with van der Waals surface area (Å²) >= 11 is 0.